The summed E-state index contributed by atoms with van der Waals surface area (Å²) in [5.74, 6) is 0.200. The average molecular weight is 522 g/mol. The fourth-order valence-electron chi connectivity index (χ4n) is 4.51. The maximum atomic E-state index is 13.5. The Kier molecular flexibility index (Phi) is 7.14. The number of nitrogens with zero attached hydrogens (tertiary/aromatic N) is 4. The summed E-state index contributed by atoms with van der Waals surface area (Å²) in [4.78, 5) is 22.0. The molecule has 0 amide bonds. The molecule has 3 heterocycles. The van der Waals surface area contributed by atoms with Crippen LogP contribution in [0.1, 0.15) is 31.9 Å². The van der Waals surface area contributed by atoms with Gasteiger partial charge in [0.2, 0.25) is 10.0 Å². The molecule has 2 atom stereocenters. The van der Waals surface area contributed by atoms with Crippen molar-refractivity contribution in [3.8, 4) is 0 Å². The third-order valence-corrected chi connectivity index (χ3v) is 9.03. The molecule has 182 valence electrons. The van der Waals surface area contributed by atoms with Gasteiger partial charge in [0.05, 0.1) is 34.1 Å². The lowest BCUT2D eigenvalue weighted by Gasteiger charge is -2.39. The van der Waals surface area contributed by atoms with Crippen LogP contribution in [0.5, 0.6) is 0 Å². The lowest BCUT2D eigenvalue weighted by Crippen LogP contribution is -2.46. The summed E-state index contributed by atoms with van der Waals surface area (Å²) in [7, 11) is -1.66. The van der Waals surface area contributed by atoms with Crippen molar-refractivity contribution in [1.82, 2.24) is 13.2 Å². The molecular weight excluding hydrogens is 494 g/mol. The molecule has 1 fully saturated rings. The van der Waals surface area contributed by atoms with Gasteiger partial charge in [-0.25, -0.2) is 12.7 Å². The van der Waals surface area contributed by atoms with Gasteiger partial charge in [0.25, 0.3) is 5.56 Å². The number of anilines is 2. The first-order valence-electron chi connectivity index (χ1n) is 11.0. The highest BCUT2D eigenvalue weighted by molar-refractivity contribution is 7.88. The van der Waals surface area contributed by atoms with Gasteiger partial charge in [-0.2, -0.15) is 0 Å². The summed E-state index contributed by atoms with van der Waals surface area (Å²) in [6, 6.07) is 7.30. The van der Waals surface area contributed by atoms with E-state index in [9.17, 15) is 13.2 Å². The summed E-state index contributed by atoms with van der Waals surface area (Å²) >= 11 is 7.86. The SMILES string of the molecule is CN=Cc1c(Nc2c(Cl)ccc3ncccc23)sn(C2CCN(S(C)(=O)=O)CC2C(C)C)c1=O. The lowest BCUT2D eigenvalue weighted by molar-refractivity contribution is 0.152. The molecule has 8 nitrogen and oxygen atoms in total. The van der Waals surface area contributed by atoms with Gasteiger partial charge in [0.15, 0.2) is 0 Å². The standard InChI is InChI=1S/C23H28ClN5O3S2/c1-14(2)17-13-28(34(4,31)32)11-9-20(17)29-23(30)16(12-25-3)22(33-29)27-21-15-6-5-10-26-19(15)8-7-18(21)24/h5-8,10,12,14,17,20,27H,9,11,13H2,1-4H3. The zero-order valence-corrected chi connectivity index (χ0v) is 21.9. The summed E-state index contributed by atoms with van der Waals surface area (Å²) < 4.78 is 27.6. The molecule has 0 radical (unpaired) electrons. The predicted molar refractivity (Wildman–Crippen MR) is 141 cm³/mol. The minimum atomic E-state index is -3.29. The molecule has 4 rings (SSSR count). The Labute approximate surface area is 208 Å². The van der Waals surface area contributed by atoms with E-state index in [2.05, 4.69) is 29.1 Å². The second-order valence-corrected chi connectivity index (χ2v) is 12.2. The fraction of sp³-hybridized carbons (Fsp3) is 0.435. The van der Waals surface area contributed by atoms with Crippen molar-refractivity contribution in [1.29, 1.82) is 0 Å². The third kappa shape index (κ3) is 4.77. The molecule has 1 aliphatic heterocycles. The van der Waals surface area contributed by atoms with E-state index in [1.54, 1.807) is 29.5 Å². The summed E-state index contributed by atoms with van der Waals surface area (Å²) in [6.07, 6.45) is 5.09. The normalized spacial score (nSPS) is 19.9. The smallest absolute Gasteiger partial charge is 0.271 e. The van der Waals surface area contributed by atoms with E-state index in [4.69, 9.17) is 11.6 Å². The number of hydrogen-bond acceptors (Lipinski definition) is 7. The van der Waals surface area contributed by atoms with Gasteiger partial charge in [-0.3, -0.25) is 18.7 Å². The number of piperidine rings is 1. The number of aliphatic imine (C=N–C) groups is 1. The van der Waals surface area contributed by atoms with Gasteiger partial charge in [0, 0.05) is 37.9 Å². The number of fused-ring (bicyclic) bond motifs is 1. The molecule has 1 aromatic carbocycles. The van der Waals surface area contributed by atoms with E-state index in [1.165, 1.54) is 22.1 Å². The van der Waals surface area contributed by atoms with Crippen LogP contribution in [-0.4, -0.2) is 54.3 Å². The van der Waals surface area contributed by atoms with Crippen LogP contribution in [0.25, 0.3) is 10.9 Å². The molecule has 34 heavy (non-hydrogen) atoms. The minimum absolute atomic E-state index is 0.00411. The second-order valence-electron chi connectivity index (χ2n) is 8.85. The first kappa shape index (κ1) is 24.8. The van der Waals surface area contributed by atoms with E-state index >= 15 is 0 Å². The zero-order valence-electron chi connectivity index (χ0n) is 19.5. The van der Waals surface area contributed by atoms with Crippen molar-refractivity contribution >= 4 is 61.0 Å². The molecule has 3 aromatic rings. The van der Waals surface area contributed by atoms with E-state index in [0.29, 0.717) is 40.8 Å². The molecule has 0 bridgehead atoms. The van der Waals surface area contributed by atoms with Crippen molar-refractivity contribution < 1.29 is 8.42 Å². The topological polar surface area (TPSA) is 96.7 Å². The third-order valence-electron chi connectivity index (χ3n) is 6.31. The highest BCUT2D eigenvalue weighted by Gasteiger charge is 2.37. The van der Waals surface area contributed by atoms with Crippen molar-refractivity contribution in [2.24, 2.45) is 16.8 Å². The maximum absolute atomic E-state index is 13.5. The van der Waals surface area contributed by atoms with E-state index in [0.717, 1.165) is 10.9 Å². The molecule has 11 heteroatoms. The molecule has 1 saturated heterocycles. The van der Waals surface area contributed by atoms with Gasteiger partial charge in [-0.15, -0.1) is 0 Å². The van der Waals surface area contributed by atoms with E-state index in [-0.39, 0.29) is 23.4 Å². The van der Waals surface area contributed by atoms with E-state index in [1.807, 2.05) is 18.2 Å². The number of pyridine rings is 1. The first-order valence-corrected chi connectivity index (χ1v) is 14.0. The van der Waals surface area contributed by atoms with Crippen LogP contribution in [0.15, 0.2) is 40.2 Å². The molecule has 2 aromatic heterocycles. The number of aromatic nitrogens is 2. The number of halogens is 1. The van der Waals surface area contributed by atoms with Crippen LogP contribution < -0.4 is 10.9 Å². The van der Waals surface area contributed by atoms with Crippen LogP contribution in [0.3, 0.4) is 0 Å². The Hall–Kier alpha value is -2.27. The van der Waals surface area contributed by atoms with Crippen LogP contribution in [0, 0.1) is 11.8 Å². The summed E-state index contributed by atoms with van der Waals surface area (Å²) in [5, 5.41) is 5.39. The summed E-state index contributed by atoms with van der Waals surface area (Å²) in [5.41, 5.74) is 1.78. The van der Waals surface area contributed by atoms with E-state index < -0.39 is 10.0 Å². The minimum Gasteiger partial charge on any atom is -0.344 e. The quantitative estimate of drug-likeness (QED) is 0.485. The Bertz CT molecular complexity index is 1400. The molecule has 0 aliphatic carbocycles. The molecule has 2 unspecified atom stereocenters. The van der Waals surface area contributed by atoms with Crippen molar-refractivity contribution in [2.75, 3.05) is 31.7 Å². The van der Waals surface area contributed by atoms with Gasteiger partial charge >= 0.3 is 0 Å². The highest BCUT2D eigenvalue weighted by Crippen LogP contribution is 2.39. The average Bonchev–Trinajstić information content (AvgIpc) is 3.10. The number of sulfonamides is 1. The van der Waals surface area contributed by atoms with Crippen molar-refractivity contribution in [3.05, 3.63) is 51.4 Å². The van der Waals surface area contributed by atoms with Crippen LogP contribution in [-0.2, 0) is 10.0 Å². The number of benzene rings is 1. The van der Waals surface area contributed by atoms with Crippen LogP contribution in [0.2, 0.25) is 5.02 Å². The number of rotatable bonds is 6. The predicted octanol–water partition coefficient (Wildman–Crippen LogP) is 4.38. The maximum Gasteiger partial charge on any atom is 0.271 e. The molecular formula is C23H28ClN5O3S2. The van der Waals surface area contributed by atoms with Gasteiger partial charge in [0.1, 0.15) is 5.00 Å². The van der Waals surface area contributed by atoms with Gasteiger partial charge < -0.3 is 5.32 Å². The monoisotopic (exact) mass is 521 g/mol. The zero-order chi connectivity index (χ0) is 24.6. The Morgan fingerprint density at radius 2 is 2.09 bits per heavy atom. The summed E-state index contributed by atoms with van der Waals surface area (Å²) in [6.45, 7) is 4.92. The fourth-order valence-corrected chi connectivity index (χ4v) is 6.76. The Morgan fingerprint density at radius 3 is 2.76 bits per heavy atom. The number of hydrogen-bond donors (Lipinski definition) is 1. The number of nitrogens with one attached hydrogen (secondary N) is 1. The first-order chi connectivity index (χ1) is 16.1. The highest BCUT2D eigenvalue weighted by atomic mass is 35.5. The van der Waals surface area contributed by atoms with Gasteiger partial charge in [-0.05, 0) is 54.1 Å². The van der Waals surface area contributed by atoms with Crippen LogP contribution >= 0.6 is 23.1 Å². The molecule has 0 saturated carbocycles. The largest absolute Gasteiger partial charge is 0.344 e. The molecule has 0 spiro atoms. The molecule has 1 N–H and O–H groups in total. The van der Waals surface area contributed by atoms with Crippen molar-refractivity contribution in [2.45, 2.75) is 26.3 Å². The Balaban J connectivity index is 1.78. The Morgan fingerprint density at radius 1 is 1.32 bits per heavy atom. The molecule has 1 aliphatic rings. The lowest BCUT2D eigenvalue weighted by atomic mass is 9.84. The van der Waals surface area contributed by atoms with Crippen LogP contribution in [0.4, 0.5) is 10.7 Å². The van der Waals surface area contributed by atoms with Gasteiger partial charge in [-0.1, -0.05) is 25.4 Å². The second kappa shape index (κ2) is 9.77. The van der Waals surface area contributed by atoms with Crippen molar-refractivity contribution in [3.63, 3.8) is 0 Å².